The Kier molecular flexibility index (Phi) is 15.6. The van der Waals surface area contributed by atoms with Crippen molar-refractivity contribution in [3.05, 3.63) is 91.0 Å². The number of hydrogen-bond acceptors (Lipinski definition) is 0. The van der Waals surface area contributed by atoms with Gasteiger partial charge in [-0.3, -0.25) is 0 Å². The Bertz CT molecular complexity index is 611. The van der Waals surface area contributed by atoms with Crippen molar-refractivity contribution in [2.24, 2.45) is 0 Å². The van der Waals surface area contributed by atoms with Crippen LogP contribution in [0, 0.1) is 0 Å². The van der Waals surface area contributed by atoms with Crippen molar-refractivity contribution in [1.82, 2.24) is 0 Å². The van der Waals surface area contributed by atoms with Crippen molar-refractivity contribution < 1.29 is 26.2 Å². The fraction of sp³-hybridized carbons (Fsp3) is 0.250. The topological polar surface area (TPSA) is 0 Å². The largest absolute Gasteiger partial charge is 0.0791 e. The van der Waals surface area contributed by atoms with Gasteiger partial charge in [-0.25, -0.2) is 0 Å². The van der Waals surface area contributed by atoms with Gasteiger partial charge in [0.1, 0.15) is 0 Å². The number of hydrogen-bond donors (Lipinski definition) is 0. The van der Waals surface area contributed by atoms with Gasteiger partial charge in [-0.05, 0) is 0 Å². The normalized spacial score (nSPS) is 9.75. The molecule has 0 N–H and O–H groups in total. The van der Waals surface area contributed by atoms with Crippen LogP contribution >= 0.6 is 0 Å². The van der Waals surface area contributed by atoms with E-state index in [1.54, 1.807) is 0 Å². The first-order valence-electron chi connectivity index (χ1n) is 9.48. The van der Waals surface area contributed by atoms with Crippen molar-refractivity contribution in [1.29, 1.82) is 0 Å². The molecule has 0 bridgehead atoms. The van der Waals surface area contributed by atoms with E-state index in [1.807, 2.05) is 0 Å². The molecular formula is C24H33Si3Zr. The molecule has 0 saturated carbocycles. The first-order valence-corrected chi connectivity index (χ1v) is 17.0. The third kappa shape index (κ3) is 11.9. The van der Waals surface area contributed by atoms with Crippen molar-refractivity contribution >= 4 is 42.0 Å². The predicted molar refractivity (Wildman–Crippen MR) is 131 cm³/mol. The molecule has 0 aliphatic carbocycles. The Hall–Kier alpha value is -0.806. The molecule has 3 aromatic rings. The van der Waals surface area contributed by atoms with Gasteiger partial charge in [-0.2, -0.15) is 0 Å². The van der Waals surface area contributed by atoms with E-state index in [0.717, 1.165) is 0 Å². The van der Waals surface area contributed by atoms with Crippen molar-refractivity contribution in [2.45, 2.75) is 39.3 Å². The van der Waals surface area contributed by atoms with Gasteiger partial charge in [0.05, 0.1) is 26.4 Å². The summed E-state index contributed by atoms with van der Waals surface area (Å²) in [6, 6.07) is 32.0. The third-order valence-corrected chi connectivity index (χ3v) is 8.52. The summed E-state index contributed by atoms with van der Waals surface area (Å²) in [5, 5.41) is 4.55. The molecule has 3 rings (SSSR count). The first-order chi connectivity index (χ1) is 12.9. The molecule has 0 aromatic heterocycles. The molecule has 4 heteroatoms. The summed E-state index contributed by atoms with van der Waals surface area (Å²) in [6.07, 6.45) is 0. The van der Waals surface area contributed by atoms with Crippen molar-refractivity contribution in [2.75, 3.05) is 0 Å². The fourth-order valence-corrected chi connectivity index (χ4v) is 4.89. The standard InChI is InChI=1S/3C8H11Si.Zr/c3*1-9(2)8-6-4-3-5-7-8;/h3*3-7H,1-2H3;. The molecule has 0 nitrogen and oxygen atoms in total. The van der Waals surface area contributed by atoms with E-state index >= 15 is 0 Å². The minimum atomic E-state index is -0.212. The van der Waals surface area contributed by atoms with Gasteiger partial charge >= 0.3 is 0 Å². The minimum Gasteiger partial charge on any atom is -0.0671 e. The number of benzene rings is 3. The summed E-state index contributed by atoms with van der Waals surface area (Å²) in [7, 11) is -0.637. The molecule has 0 amide bonds. The Morgan fingerprint density at radius 3 is 0.643 bits per heavy atom. The van der Waals surface area contributed by atoms with Crippen LogP contribution in [0.4, 0.5) is 0 Å². The summed E-state index contributed by atoms with van der Waals surface area (Å²) in [5.41, 5.74) is 0. The average molecular weight is 497 g/mol. The third-order valence-electron chi connectivity index (χ3n) is 4.05. The van der Waals surface area contributed by atoms with Crippen molar-refractivity contribution in [3.8, 4) is 0 Å². The molecule has 145 valence electrons. The molecule has 0 unspecified atom stereocenters. The van der Waals surface area contributed by atoms with Crippen LogP contribution < -0.4 is 15.6 Å². The van der Waals surface area contributed by atoms with E-state index in [0.29, 0.717) is 0 Å². The molecular weight excluding hydrogens is 464 g/mol. The van der Waals surface area contributed by atoms with E-state index in [-0.39, 0.29) is 52.6 Å². The van der Waals surface area contributed by atoms with Crippen molar-refractivity contribution in [3.63, 3.8) is 0 Å². The molecule has 3 radical (unpaired) electrons. The van der Waals surface area contributed by atoms with Crippen LogP contribution in [0.5, 0.6) is 0 Å². The predicted octanol–water partition coefficient (Wildman–Crippen LogP) is 4.94. The SMILES string of the molecule is C[Si](C)c1ccccc1.C[Si](C)c1ccccc1.C[Si](C)c1ccccc1.[Zr]. The molecule has 0 aliphatic heterocycles. The maximum absolute atomic E-state index is 2.31. The maximum Gasteiger partial charge on any atom is 0.0791 e. The molecule has 0 saturated heterocycles. The second-order valence-corrected chi connectivity index (χ2v) is 14.8. The zero-order valence-corrected chi connectivity index (χ0v) is 23.6. The van der Waals surface area contributed by atoms with E-state index in [4.69, 9.17) is 0 Å². The molecule has 0 fully saturated rings. The molecule has 28 heavy (non-hydrogen) atoms. The summed E-state index contributed by atoms with van der Waals surface area (Å²) < 4.78 is 0. The summed E-state index contributed by atoms with van der Waals surface area (Å²) >= 11 is 0. The zero-order chi connectivity index (χ0) is 20.1. The first kappa shape index (κ1) is 27.2. The second kappa shape index (κ2) is 16.0. The monoisotopic (exact) mass is 495 g/mol. The van der Waals surface area contributed by atoms with E-state index in [9.17, 15) is 0 Å². The Labute approximate surface area is 197 Å². The Morgan fingerprint density at radius 2 is 0.536 bits per heavy atom. The smallest absolute Gasteiger partial charge is 0.0671 e. The Balaban J connectivity index is 0.000000384. The van der Waals surface area contributed by atoms with Crippen LogP contribution in [0.25, 0.3) is 0 Å². The van der Waals surface area contributed by atoms with Crippen LogP contribution in [-0.2, 0) is 26.2 Å². The quantitative estimate of drug-likeness (QED) is 0.450. The summed E-state index contributed by atoms with van der Waals surface area (Å²) in [6.45, 7) is 13.8. The van der Waals surface area contributed by atoms with Gasteiger partial charge in [0.2, 0.25) is 0 Å². The van der Waals surface area contributed by atoms with Gasteiger partial charge in [-0.15, -0.1) is 0 Å². The molecule has 0 spiro atoms. The van der Waals surface area contributed by atoms with Gasteiger partial charge in [0.15, 0.2) is 0 Å². The average Bonchev–Trinajstić information content (AvgIpc) is 2.71. The zero-order valence-electron chi connectivity index (χ0n) is 18.2. The minimum absolute atomic E-state index is 0. The van der Waals surface area contributed by atoms with Gasteiger partial charge < -0.3 is 0 Å². The molecule has 0 aliphatic rings. The molecule has 0 atom stereocenters. The van der Waals surface area contributed by atoms with Crippen LogP contribution in [0.15, 0.2) is 91.0 Å². The van der Waals surface area contributed by atoms with E-state index in [2.05, 4.69) is 130 Å². The van der Waals surface area contributed by atoms with E-state index < -0.39 is 0 Å². The van der Waals surface area contributed by atoms with E-state index in [1.165, 1.54) is 15.6 Å². The maximum atomic E-state index is 2.31. The van der Waals surface area contributed by atoms with Gasteiger partial charge in [-0.1, -0.05) is 146 Å². The van der Waals surface area contributed by atoms with Gasteiger partial charge in [0, 0.05) is 26.2 Å². The number of rotatable bonds is 3. The van der Waals surface area contributed by atoms with Crippen LogP contribution in [-0.4, -0.2) is 26.4 Å². The van der Waals surface area contributed by atoms with Crippen LogP contribution in [0.3, 0.4) is 0 Å². The Morgan fingerprint density at radius 1 is 0.357 bits per heavy atom. The molecule has 0 heterocycles. The summed E-state index contributed by atoms with van der Waals surface area (Å²) in [4.78, 5) is 0. The fourth-order valence-electron chi connectivity index (χ4n) is 2.31. The summed E-state index contributed by atoms with van der Waals surface area (Å²) in [5.74, 6) is 0. The van der Waals surface area contributed by atoms with Gasteiger partial charge in [0.25, 0.3) is 0 Å². The molecule has 3 aromatic carbocycles. The second-order valence-electron chi connectivity index (χ2n) is 7.10. The van der Waals surface area contributed by atoms with Crippen LogP contribution in [0.2, 0.25) is 39.3 Å². The van der Waals surface area contributed by atoms with Crippen LogP contribution in [0.1, 0.15) is 0 Å².